The summed E-state index contributed by atoms with van der Waals surface area (Å²) in [5.74, 6) is -0.925. The van der Waals surface area contributed by atoms with Crippen molar-refractivity contribution in [2.24, 2.45) is 0 Å². The molecule has 0 fully saturated rings. The van der Waals surface area contributed by atoms with Crippen molar-refractivity contribution >= 4 is 52.1 Å². The fraction of sp³-hybridized carbons (Fsp3) is 0. The van der Waals surface area contributed by atoms with Gasteiger partial charge in [-0.3, -0.25) is 10.1 Å². The lowest BCUT2D eigenvalue weighted by atomic mass is 10.2. The van der Waals surface area contributed by atoms with Crippen molar-refractivity contribution in [2.75, 3.05) is 5.32 Å². The molecular weight excluding hydrogens is 334 g/mol. The predicted molar refractivity (Wildman–Crippen MR) is 86.5 cm³/mol. The van der Waals surface area contributed by atoms with Gasteiger partial charge >= 0.3 is 0 Å². The number of halogens is 3. The number of hydrogen-bond donors (Lipinski definition) is 2. The number of nitrogens with one attached hydrogen (secondary N) is 2. The number of hydrogen-bond acceptors (Lipinski definition) is 2. The quantitative estimate of drug-likeness (QED) is 0.801. The number of benzene rings is 2. The zero-order valence-electron chi connectivity index (χ0n) is 10.5. The van der Waals surface area contributed by atoms with Crippen LogP contribution >= 0.6 is 35.4 Å². The molecule has 1 amide bonds. The van der Waals surface area contributed by atoms with Crippen LogP contribution in [-0.4, -0.2) is 11.0 Å². The summed E-state index contributed by atoms with van der Waals surface area (Å²) in [5.41, 5.74) is 0.709. The van der Waals surface area contributed by atoms with Gasteiger partial charge in [0.1, 0.15) is 5.82 Å². The summed E-state index contributed by atoms with van der Waals surface area (Å²) in [4.78, 5) is 11.9. The number of carbonyl (C=O) groups is 1. The lowest BCUT2D eigenvalue weighted by Crippen LogP contribution is -2.34. The van der Waals surface area contributed by atoms with Crippen molar-refractivity contribution in [3.8, 4) is 0 Å². The zero-order chi connectivity index (χ0) is 15.4. The first kappa shape index (κ1) is 15.7. The van der Waals surface area contributed by atoms with Gasteiger partial charge in [0.2, 0.25) is 0 Å². The van der Waals surface area contributed by atoms with E-state index in [4.69, 9.17) is 35.4 Å². The van der Waals surface area contributed by atoms with Crippen LogP contribution in [0, 0.1) is 5.82 Å². The Morgan fingerprint density at radius 1 is 1.10 bits per heavy atom. The van der Waals surface area contributed by atoms with Crippen molar-refractivity contribution in [3.63, 3.8) is 0 Å². The van der Waals surface area contributed by atoms with E-state index in [-0.39, 0.29) is 10.1 Å². The monoisotopic (exact) mass is 342 g/mol. The molecule has 0 aliphatic heterocycles. The van der Waals surface area contributed by atoms with E-state index in [9.17, 15) is 9.18 Å². The highest BCUT2D eigenvalue weighted by atomic mass is 35.5. The molecule has 2 rings (SSSR count). The van der Waals surface area contributed by atoms with E-state index in [1.807, 2.05) is 0 Å². The van der Waals surface area contributed by atoms with Gasteiger partial charge in [0.25, 0.3) is 5.91 Å². The molecule has 2 aromatic rings. The highest BCUT2D eigenvalue weighted by molar-refractivity contribution is 7.80. The van der Waals surface area contributed by atoms with Crippen LogP contribution < -0.4 is 10.6 Å². The molecule has 2 N–H and O–H groups in total. The van der Waals surface area contributed by atoms with Crippen LogP contribution in [-0.2, 0) is 0 Å². The number of rotatable bonds is 2. The van der Waals surface area contributed by atoms with Crippen molar-refractivity contribution in [3.05, 3.63) is 63.9 Å². The normalized spacial score (nSPS) is 10.0. The van der Waals surface area contributed by atoms with Crippen LogP contribution in [0.15, 0.2) is 42.5 Å². The fourth-order valence-corrected chi connectivity index (χ4v) is 2.22. The summed E-state index contributed by atoms with van der Waals surface area (Å²) in [6, 6.07) is 10.3. The fourth-order valence-electron chi connectivity index (χ4n) is 1.59. The molecule has 0 aliphatic carbocycles. The minimum atomic E-state index is -0.506. The van der Waals surface area contributed by atoms with Crippen LogP contribution in [0.25, 0.3) is 0 Å². The first-order valence-electron chi connectivity index (χ1n) is 5.78. The topological polar surface area (TPSA) is 41.1 Å². The first-order valence-corrected chi connectivity index (χ1v) is 6.94. The Kier molecular flexibility index (Phi) is 5.12. The largest absolute Gasteiger partial charge is 0.332 e. The van der Waals surface area contributed by atoms with Gasteiger partial charge in [0.05, 0.1) is 0 Å². The molecule has 2 aromatic carbocycles. The van der Waals surface area contributed by atoms with Crippen LogP contribution in [0.1, 0.15) is 10.4 Å². The van der Waals surface area contributed by atoms with Crippen molar-refractivity contribution < 1.29 is 9.18 Å². The van der Waals surface area contributed by atoms with E-state index in [1.54, 1.807) is 18.2 Å². The molecule has 0 atom stereocenters. The van der Waals surface area contributed by atoms with Crippen molar-refractivity contribution in [1.82, 2.24) is 5.32 Å². The molecular formula is C14H9Cl2FN2OS. The van der Waals surface area contributed by atoms with E-state index < -0.39 is 11.7 Å². The van der Waals surface area contributed by atoms with Gasteiger partial charge in [-0.1, -0.05) is 29.3 Å². The molecule has 0 unspecified atom stereocenters. The molecule has 0 heterocycles. The minimum absolute atomic E-state index is 0.0293. The molecule has 7 heteroatoms. The van der Waals surface area contributed by atoms with E-state index in [0.717, 1.165) is 0 Å². The van der Waals surface area contributed by atoms with E-state index in [2.05, 4.69) is 10.6 Å². The summed E-state index contributed by atoms with van der Waals surface area (Å²) in [6.07, 6.45) is 0. The molecule has 0 saturated heterocycles. The maximum Gasteiger partial charge on any atom is 0.257 e. The van der Waals surface area contributed by atoms with Crippen molar-refractivity contribution in [1.29, 1.82) is 0 Å². The van der Waals surface area contributed by atoms with Crippen LogP contribution in [0.3, 0.4) is 0 Å². The molecule has 0 bridgehead atoms. The molecule has 0 radical (unpaired) electrons. The van der Waals surface area contributed by atoms with Crippen LogP contribution in [0.5, 0.6) is 0 Å². The second-order valence-corrected chi connectivity index (χ2v) is 5.36. The third-order valence-electron chi connectivity index (χ3n) is 2.43. The van der Waals surface area contributed by atoms with Crippen molar-refractivity contribution in [2.45, 2.75) is 0 Å². The zero-order valence-corrected chi connectivity index (χ0v) is 12.8. The lowest BCUT2D eigenvalue weighted by molar-refractivity contribution is 0.0977. The Labute approximate surface area is 136 Å². The summed E-state index contributed by atoms with van der Waals surface area (Å²) >= 11 is 16.5. The highest BCUT2D eigenvalue weighted by Crippen LogP contribution is 2.18. The third kappa shape index (κ3) is 4.67. The van der Waals surface area contributed by atoms with Gasteiger partial charge in [0.15, 0.2) is 5.11 Å². The Morgan fingerprint density at radius 3 is 2.52 bits per heavy atom. The Balaban J connectivity index is 2.03. The average molecular weight is 343 g/mol. The standard InChI is InChI=1S/C14H9Cl2FN2OS/c15-9-3-1-2-8(4-9)13(20)19-14(21)18-12-6-10(16)5-11(17)7-12/h1-7H,(H2,18,19,20,21). The summed E-state index contributed by atoms with van der Waals surface area (Å²) in [7, 11) is 0. The minimum Gasteiger partial charge on any atom is -0.332 e. The van der Waals surface area contributed by atoms with Gasteiger partial charge in [0, 0.05) is 21.3 Å². The maximum absolute atomic E-state index is 13.2. The van der Waals surface area contributed by atoms with Gasteiger partial charge in [-0.2, -0.15) is 0 Å². The Hall–Kier alpha value is -1.69. The second kappa shape index (κ2) is 6.85. The van der Waals surface area contributed by atoms with Gasteiger partial charge in [-0.25, -0.2) is 4.39 Å². The third-order valence-corrected chi connectivity index (χ3v) is 3.09. The van der Waals surface area contributed by atoms with E-state index >= 15 is 0 Å². The highest BCUT2D eigenvalue weighted by Gasteiger charge is 2.09. The SMILES string of the molecule is O=C(NC(=S)Nc1cc(F)cc(Cl)c1)c1cccc(Cl)c1. The van der Waals surface area contributed by atoms with E-state index in [1.165, 1.54) is 24.3 Å². The lowest BCUT2D eigenvalue weighted by Gasteiger charge is -2.10. The molecule has 3 nitrogen and oxygen atoms in total. The summed E-state index contributed by atoms with van der Waals surface area (Å²) in [6.45, 7) is 0. The molecule has 108 valence electrons. The summed E-state index contributed by atoms with van der Waals surface area (Å²) in [5, 5.41) is 5.84. The van der Waals surface area contributed by atoms with Gasteiger partial charge in [-0.15, -0.1) is 0 Å². The predicted octanol–water partition coefficient (Wildman–Crippen LogP) is 4.26. The van der Waals surface area contributed by atoms with E-state index in [0.29, 0.717) is 16.3 Å². The molecule has 0 spiro atoms. The summed E-state index contributed by atoms with van der Waals surface area (Å²) < 4.78 is 13.2. The first-order chi connectivity index (χ1) is 9.94. The van der Waals surface area contributed by atoms with Crippen LogP contribution in [0.4, 0.5) is 10.1 Å². The molecule has 0 aliphatic rings. The van der Waals surface area contributed by atoms with Gasteiger partial charge < -0.3 is 5.32 Å². The number of carbonyl (C=O) groups excluding carboxylic acids is 1. The molecule has 0 saturated carbocycles. The Bertz CT molecular complexity index is 689. The average Bonchev–Trinajstić information content (AvgIpc) is 2.37. The Morgan fingerprint density at radius 2 is 1.86 bits per heavy atom. The number of amides is 1. The van der Waals surface area contributed by atoms with Gasteiger partial charge in [-0.05, 0) is 48.6 Å². The smallest absolute Gasteiger partial charge is 0.257 e. The number of anilines is 1. The maximum atomic E-state index is 13.2. The number of thiocarbonyl (C=S) groups is 1. The van der Waals surface area contributed by atoms with Crippen LogP contribution in [0.2, 0.25) is 10.0 Å². The molecule has 0 aromatic heterocycles. The second-order valence-electron chi connectivity index (χ2n) is 4.08. The molecule has 21 heavy (non-hydrogen) atoms.